The van der Waals surface area contributed by atoms with Crippen molar-refractivity contribution in [2.75, 3.05) is 23.3 Å². The lowest BCUT2D eigenvalue weighted by Gasteiger charge is -2.33. The highest BCUT2D eigenvalue weighted by molar-refractivity contribution is 9.10. The second kappa shape index (κ2) is 7.17. The maximum Gasteiger partial charge on any atom is 0.282 e. The average molecular weight is 391 g/mol. The zero-order valence-electron chi connectivity index (χ0n) is 13.4. The second-order valence-corrected chi connectivity index (χ2v) is 6.68. The Labute approximate surface area is 148 Å². The van der Waals surface area contributed by atoms with Crippen LogP contribution in [0.25, 0.3) is 0 Å². The van der Waals surface area contributed by atoms with Crippen LogP contribution in [0.2, 0.25) is 0 Å². The van der Waals surface area contributed by atoms with Crippen LogP contribution in [0.4, 0.5) is 11.4 Å². The van der Waals surface area contributed by atoms with Gasteiger partial charge in [-0.3, -0.25) is 9.59 Å². The van der Waals surface area contributed by atoms with E-state index in [0.717, 1.165) is 37.3 Å². The summed E-state index contributed by atoms with van der Waals surface area (Å²) in [6.07, 6.45) is 3.19. The second-order valence-electron chi connectivity index (χ2n) is 5.89. The number of benzene rings is 1. The molecule has 1 aliphatic heterocycles. The third-order valence-corrected chi connectivity index (χ3v) is 5.05. The molecule has 2 aromatic rings. The van der Waals surface area contributed by atoms with E-state index in [1.807, 2.05) is 30.3 Å². The molecule has 0 spiro atoms. The van der Waals surface area contributed by atoms with Crippen molar-refractivity contribution in [1.82, 2.24) is 9.78 Å². The summed E-state index contributed by atoms with van der Waals surface area (Å²) < 4.78 is 1.82. The van der Waals surface area contributed by atoms with Gasteiger partial charge in [0, 0.05) is 31.7 Å². The molecule has 0 unspecified atom stereocenters. The Balaban J connectivity index is 1.63. The van der Waals surface area contributed by atoms with Gasteiger partial charge in [-0.1, -0.05) is 18.2 Å². The van der Waals surface area contributed by atoms with Gasteiger partial charge in [0.15, 0.2) is 0 Å². The molecule has 0 atom stereocenters. The number of hydrogen-bond donors (Lipinski definition) is 1. The van der Waals surface area contributed by atoms with Crippen molar-refractivity contribution in [2.24, 2.45) is 13.0 Å². The third kappa shape index (κ3) is 3.51. The number of aromatic nitrogens is 2. The smallest absolute Gasteiger partial charge is 0.282 e. The van der Waals surface area contributed by atoms with Gasteiger partial charge in [0.25, 0.3) is 5.56 Å². The maximum atomic E-state index is 12.4. The molecule has 126 valence electrons. The van der Waals surface area contributed by atoms with E-state index in [9.17, 15) is 9.59 Å². The molecule has 0 bridgehead atoms. The third-order valence-electron chi connectivity index (χ3n) is 4.31. The minimum absolute atomic E-state index is 0.0141. The van der Waals surface area contributed by atoms with Gasteiger partial charge in [0.1, 0.15) is 4.47 Å². The van der Waals surface area contributed by atoms with Crippen molar-refractivity contribution in [3.63, 3.8) is 0 Å². The molecule has 6 nitrogen and oxygen atoms in total. The summed E-state index contributed by atoms with van der Waals surface area (Å²) in [5, 5.41) is 7.04. The number of halogens is 1. The molecular weight excluding hydrogens is 372 g/mol. The predicted octanol–water partition coefficient (Wildman–Crippen LogP) is 2.40. The Morgan fingerprint density at radius 3 is 2.58 bits per heavy atom. The number of aryl methyl sites for hydroxylation is 1. The first-order chi connectivity index (χ1) is 11.6. The Morgan fingerprint density at radius 2 is 1.92 bits per heavy atom. The lowest BCUT2D eigenvalue weighted by molar-refractivity contribution is -0.120. The monoisotopic (exact) mass is 390 g/mol. The van der Waals surface area contributed by atoms with Gasteiger partial charge in [0.05, 0.1) is 11.9 Å². The minimum atomic E-state index is -0.156. The van der Waals surface area contributed by atoms with Gasteiger partial charge in [-0.15, -0.1) is 0 Å². The van der Waals surface area contributed by atoms with Crippen LogP contribution in [0.1, 0.15) is 12.8 Å². The first kappa shape index (κ1) is 16.7. The van der Waals surface area contributed by atoms with Gasteiger partial charge in [0.2, 0.25) is 5.91 Å². The summed E-state index contributed by atoms with van der Waals surface area (Å²) >= 11 is 3.36. The van der Waals surface area contributed by atoms with E-state index >= 15 is 0 Å². The molecule has 7 heteroatoms. The fourth-order valence-corrected chi connectivity index (χ4v) is 3.48. The molecule has 3 rings (SSSR count). The van der Waals surface area contributed by atoms with Gasteiger partial charge in [-0.05, 0) is 40.9 Å². The summed E-state index contributed by atoms with van der Waals surface area (Å²) in [6, 6.07) is 9.49. The predicted molar refractivity (Wildman–Crippen MR) is 97.2 cm³/mol. The van der Waals surface area contributed by atoms with Crippen molar-refractivity contribution < 1.29 is 4.79 Å². The van der Waals surface area contributed by atoms with Crippen LogP contribution in [0.5, 0.6) is 0 Å². The molecule has 1 saturated heterocycles. The highest BCUT2D eigenvalue weighted by Crippen LogP contribution is 2.27. The molecule has 2 heterocycles. The first-order valence-corrected chi connectivity index (χ1v) is 8.68. The minimum Gasteiger partial charge on any atom is -0.369 e. The van der Waals surface area contributed by atoms with Crippen LogP contribution in [0.3, 0.4) is 0 Å². The molecule has 1 aliphatic rings. The fraction of sp³-hybridized carbons (Fsp3) is 0.353. The maximum absolute atomic E-state index is 12.4. The Bertz CT molecular complexity index is 783. The number of anilines is 2. The Morgan fingerprint density at radius 1 is 1.25 bits per heavy atom. The molecule has 1 N–H and O–H groups in total. The van der Waals surface area contributed by atoms with E-state index < -0.39 is 0 Å². The molecule has 24 heavy (non-hydrogen) atoms. The van der Waals surface area contributed by atoms with E-state index in [1.165, 1.54) is 4.68 Å². The summed E-state index contributed by atoms with van der Waals surface area (Å²) in [7, 11) is 1.62. The molecule has 1 fully saturated rings. The molecule has 0 aliphatic carbocycles. The van der Waals surface area contributed by atoms with Crippen LogP contribution in [-0.2, 0) is 11.8 Å². The Hall–Kier alpha value is -2.15. The van der Waals surface area contributed by atoms with E-state index in [4.69, 9.17) is 0 Å². The molecule has 0 radical (unpaired) electrons. The van der Waals surface area contributed by atoms with Crippen molar-refractivity contribution >= 4 is 33.2 Å². The van der Waals surface area contributed by atoms with Crippen LogP contribution < -0.4 is 15.8 Å². The van der Waals surface area contributed by atoms with Gasteiger partial charge in [-0.25, -0.2) is 4.68 Å². The molecule has 1 amide bonds. The first-order valence-electron chi connectivity index (χ1n) is 7.89. The normalized spacial score (nSPS) is 15.3. The van der Waals surface area contributed by atoms with E-state index in [1.54, 1.807) is 13.2 Å². The number of carbonyl (C=O) groups excluding carboxylic acids is 1. The highest BCUT2D eigenvalue weighted by Gasteiger charge is 2.26. The van der Waals surface area contributed by atoms with E-state index in [0.29, 0.717) is 4.47 Å². The lowest BCUT2D eigenvalue weighted by atomic mass is 9.95. The van der Waals surface area contributed by atoms with Crippen LogP contribution in [0.15, 0.2) is 45.8 Å². The molecule has 1 aromatic heterocycles. The van der Waals surface area contributed by atoms with Crippen LogP contribution in [-0.4, -0.2) is 28.8 Å². The van der Waals surface area contributed by atoms with Crippen molar-refractivity contribution in [2.45, 2.75) is 12.8 Å². The molecular formula is C17H19BrN4O2. The molecule has 1 aromatic carbocycles. The number of nitrogens with zero attached hydrogens (tertiary/aromatic N) is 3. The number of rotatable bonds is 3. The van der Waals surface area contributed by atoms with E-state index in [-0.39, 0.29) is 17.4 Å². The number of amides is 1. The zero-order valence-corrected chi connectivity index (χ0v) is 15.0. The van der Waals surface area contributed by atoms with E-state index in [2.05, 4.69) is 31.2 Å². The number of nitrogens with one attached hydrogen (secondary N) is 1. The highest BCUT2D eigenvalue weighted by atomic mass is 79.9. The Kier molecular flexibility index (Phi) is 4.99. The quantitative estimate of drug-likeness (QED) is 0.873. The lowest BCUT2D eigenvalue weighted by Crippen LogP contribution is -2.39. The summed E-state index contributed by atoms with van der Waals surface area (Å²) in [6.45, 7) is 1.45. The SMILES string of the molecule is Cn1ncc(N2CCC(C(=O)Nc3ccccc3)CC2)c(Br)c1=O. The van der Waals surface area contributed by atoms with Crippen molar-refractivity contribution in [3.8, 4) is 0 Å². The summed E-state index contributed by atoms with van der Waals surface area (Å²) in [4.78, 5) is 26.4. The van der Waals surface area contributed by atoms with Gasteiger partial charge >= 0.3 is 0 Å². The summed E-state index contributed by atoms with van der Waals surface area (Å²) in [5.41, 5.74) is 1.46. The van der Waals surface area contributed by atoms with Gasteiger partial charge in [-0.2, -0.15) is 5.10 Å². The zero-order chi connectivity index (χ0) is 17.1. The number of para-hydroxylation sites is 1. The van der Waals surface area contributed by atoms with Gasteiger partial charge < -0.3 is 10.2 Å². The molecule has 0 saturated carbocycles. The number of carbonyl (C=O) groups is 1. The van der Waals surface area contributed by atoms with Crippen molar-refractivity contribution in [1.29, 1.82) is 0 Å². The van der Waals surface area contributed by atoms with Crippen LogP contribution >= 0.6 is 15.9 Å². The fourth-order valence-electron chi connectivity index (χ4n) is 2.87. The topological polar surface area (TPSA) is 67.2 Å². The number of piperidine rings is 1. The largest absolute Gasteiger partial charge is 0.369 e. The average Bonchev–Trinajstić information content (AvgIpc) is 2.61. The summed E-state index contributed by atoms with van der Waals surface area (Å²) in [5.74, 6) is 0.0433. The standard InChI is InChI=1S/C17H19BrN4O2/c1-21-17(24)15(18)14(11-19-21)22-9-7-12(8-10-22)16(23)20-13-5-3-2-4-6-13/h2-6,11-12H,7-10H2,1H3,(H,20,23). The van der Waals surface area contributed by atoms with Crippen molar-refractivity contribution in [3.05, 3.63) is 51.4 Å². The number of hydrogen-bond acceptors (Lipinski definition) is 4. The van der Waals surface area contributed by atoms with Crippen LogP contribution in [0, 0.1) is 5.92 Å².